The number of hydrogen-bond donors (Lipinski definition) is 2. The Labute approximate surface area is 208 Å². The molecule has 4 rings (SSSR count). The summed E-state index contributed by atoms with van der Waals surface area (Å²) in [4.78, 5) is 36.8. The first kappa shape index (κ1) is 24.3. The van der Waals surface area contributed by atoms with Gasteiger partial charge in [-0.25, -0.2) is 9.80 Å². The van der Waals surface area contributed by atoms with Crippen LogP contribution in [0, 0.1) is 0 Å². The molecule has 0 bridgehead atoms. The van der Waals surface area contributed by atoms with Crippen molar-refractivity contribution in [2.75, 3.05) is 12.1 Å². The highest BCUT2D eigenvalue weighted by molar-refractivity contribution is 6.31. The van der Waals surface area contributed by atoms with Gasteiger partial charge < -0.3 is 14.6 Å². The van der Waals surface area contributed by atoms with Crippen LogP contribution in [0.2, 0.25) is 0 Å². The third-order valence-electron chi connectivity index (χ3n) is 5.51. The molecule has 3 aromatic carbocycles. The molecule has 0 unspecified atom stereocenters. The molecule has 0 radical (unpaired) electrons. The molecule has 0 aromatic heterocycles. The van der Waals surface area contributed by atoms with Gasteiger partial charge in [-0.2, -0.15) is 0 Å². The van der Waals surface area contributed by atoms with Crippen LogP contribution in [0.25, 0.3) is 6.08 Å². The van der Waals surface area contributed by atoms with E-state index in [1.165, 1.54) is 24.3 Å². The highest BCUT2D eigenvalue weighted by Gasteiger charge is 2.34. The summed E-state index contributed by atoms with van der Waals surface area (Å²) in [5.74, 6) is -1.12. The number of carboxylic acids is 1. The van der Waals surface area contributed by atoms with E-state index in [0.717, 1.165) is 5.56 Å². The van der Waals surface area contributed by atoms with Gasteiger partial charge in [0.15, 0.2) is 11.5 Å². The Kier molecular flexibility index (Phi) is 7.15. The van der Waals surface area contributed by atoms with Gasteiger partial charge in [-0.05, 0) is 60.0 Å². The van der Waals surface area contributed by atoms with Crippen molar-refractivity contribution in [3.8, 4) is 11.5 Å². The monoisotopic (exact) mass is 484 g/mol. The lowest BCUT2D eigenvalue weighted by Crippen LogP contribution is -2.35. The molecule has 3 aromatic rings. The third kappa shape index (κ3) is 5.12. The van der Waals surface area contributed by atoms with Gasteiger partial charge in [-0.1, -0.05) is 36.4 Å². The minimum atomic E-state index is -1.02. The molecule has 1 saturated heterocycles. The number of carboxylic acid groups (broad SMARTS) is 1. The summed E-state index contributed by atoms with van der Waals surface area (Å²) < 4.78 is 11.6. The summed E-state index contributed by atoms with van der Waals surface area (Å²) >= 11 is 0. The molecule has 36 heavy (non-hydrogen) atoms. The van der Waals surface area contributed by atoms with E-state index in [1.54, 1.807) is 60.7 Å². The molecule has 182 valence electrons. The maximum absolute atomic E-state index is 12.9. The number of allylic oxidation sites excluding steroid dienone is 1. The maximum Gasteiger partial charge on any atom is 0.335 e. The minimum Gasteiger partial charge on any atom is -0.493 e. The first-order chi connectivity index (χ1) is 17.4. The molecule has 2 amide bonds. The van der Waals surface area contributed by atoms with Crippen LogP contribution in [0.15, 0.2) is 85.0 Å². The fraction of sp³-hybridized carbons (Fsp3) is 0.107. The van der Waals surface area contributed by atoms with Crippen LogP contribution in [0.5, 0.6) is 11.5 Å². The van der Waals surface area contributed by atoms with Crippen molar-refractivity contribution in [1.29, 1.82) is 0 Å². The average molecular weight is 485 g/mol. The normalized spacial score (nSPS) is 14.0. The predicted octanol–water partition coefficient (Wildman–Crippen LogP) is 4.16. The molecule has 8 heteroatoms. The molecule has 2 N–H and O–H groups in total. The highest BCUT2D eigenvalue weighted by atomic mass is 16.5. The quantitative estimate of drug-likeness (QED) is 0.268. The molecule has 0 atom stereocenters. The molecular formula is C28H24N2O6. The summed E-state index contributed by atoms with van der Waals surface area (Å²) in [5.41, 5.74) is 5.29. The Morgan fingerprint density at radius 3 is 2.56 bits per heavy atom. The lowest BCUT2D eigenvalue weighted by molar-refractivity contribution is -0.117. The van der Waals surface area contributed by atoms with Crippen LogP contribution >= 0.6 is 0 Å². The highest BCUT2D eigenvalue weighted by Crippen LogP contribution is 2.35. The van der Waals surface area contributed by atoms with Crippen molar-refractivity contribution < 1.29 is 29.0 Å². The molecular weight excluding hydrogens is 460 g/mol. The molecule has 8 nitrogen and oxygen atoms in total. The number of carbonyl (C=O) groups is 3. The third-order valence-corrected chi connectivity index (χ3v) is 5.51. The van der Waals surface area contributed by atoms with Crippen LogP contribution in [-0.2, 0) is 22.6 Å². The van der Waals surface area contributed by atoms with Crippen molar-refractivity contribution >= 4 is 29.5 Å². The van der Waals surface area contributed by atoms with Gasteiger partial charge in [0.2, 0.25) is 0 Å². The van der Waals surface area contributed by atoms with Gasteiger partial charge in [-0.15, -0.1) is 6.58 Å². The first-order valence-corrected chi connectivity index (χ1v) is 11.1. The van der Waals surface area contributed by atoms with E-state index in [2.05, 4.69) is 12.0 Å². The second kappa shape index (κ2) is 10.6. The number of rotatable bonds is 9. The van der Waals surface area contributed by atoms with E-state index in [4.69, 9.17) is 9.47 Å². The molecule has 0 spiro atoms. The van der Waals surface area contributed by atoms with E-state index in [-0.39, 0.29) is 17.7 Å². The smallest absolute Gasteiger partial charge is 0.335 e. The van der Waals surface area contributed by atoms with Crippen LogP contribution in [0.1, 0.15) is 27.0 Å². The van der Waals surface area contributed by atoms with Gasteiger partial charge in [0.05, 0.1) is 18.4 Å². The number of benzene rings is 3. The van der Waals surface area contributed by atoms with E-state index in [0.29, 0.717) is 34.7 Å². The number of hydrazine groups is 1. The van der Waals surface area contributed by atoms with E-state index in [1.807, 2.05) is 6.07 Å². The molecule has 0 aliphatic carbocycles. The van der Waals surface area contributed by atoms with Gasteiger partial charge >= 0.3 is 5.97 Å². The van der Waals surface area contributed by atoms with Gasteiger partial charge in [0.1, 0.15) is 12.2 Å². The SMILES string of the molecule is C=CCc1cc(/C=C2/C(=O)NN(c3ccccc3)C2=O)cc(OC)c1OCc1cccc(C(=O)O)c1. The zero-order chi connectivity index (χ0) is 25.7. The Morgan fingerprint density at radius 2 is 1.86 bits per heavy atom. The zero-order valence-corrected chi connectivity index (χ0v) is 19.6. The lowest BCUT2D eigenvalue weighted by atomic mass is 10.0. The van der Waals surface area contributed by atoms with Crippen LogP contribution in [-0.4, -0.2) is 30.0 Å². The predicted molar refractivity (Wildman–Crippen MR) is 135 cm³/mol. The number of aromatic carboxylic acids is 1. The number of amides is 2. The minimum absolute atomic E-state index is 0.00962. The summed E-state index contributed by atoms with van der Waals surface area (Å²) in [5, 5.41) is 10.4. The summed E-state index contributed by atoms with van der Waals surface area (Å²) in [7, 11) is 1.49. The first-order valence-electron chi connectivity index (χ1n) is 11.1. The van der Waals surface area contributed by atoms with Crippen LogP contribution < -0.4 is 19.9 Å². The lowest BCUT2D eigenvalue weighted by Gasteiger charge is -2.16. The number of hydrogen-bond acceptors (Lipinski definition) is 5. The van der Waals surface area contributed by atoms with E-state index < -0.39 is 17.8 Å². The number of ether oxygens (including phenoxy) is 2. The zero-order valence-electron chi connectivity index (χ0n) is 19.6. The summed E-state index contributed by atoms with van der Waals surface area (Å²) in [6, 6.07) is 18.8. The molecule has 1 aliphatic heterocycles. The van der Waals surface area contributed by atoms with Crippen molar-refractivity contribution in [2.24, 2.45) is 0 Å². The van der Waals surface area contributed by atoms with Crippen molar-refractivity contribution in [3.63, 3.8) is 0 Å². The fourth-order valence-electron chi connectivity index (χ4n) is 3.82. The second-order valence-electron chi connectivity index (χ2n) is 7.97. The van der Waals surface area contributed by atoms with E-state index >= 15 is 0 Å². The second-order valence-corrected chi connectivity index (χ2v) is 7.97. The molecule has 0 saturated carbocycles. The number of carbonyl (C=O) groups excluding carboxylic acids is 2. The van der Waals surface area contributed by atoms with Crippen molar-refractivity contribution in [1.82, 2.24) is 5.43 Å². The summed E-state index contributed by atoms with van der Waals surface area (Å²) in [6.45, 7) is 3.92. The number of nitrogens with one attached hydrogen (secondary N) is 1. The number of methoxy groups -OCH3 is 1. The summed E-state index contributed by atoms with van der Waals surface area (Å²) in [6.07, 6.45) is 3.65. The van der Waals surface area contributed by atoms with Crippen LogP contribution in [0.3, 0.4) is 0 Å². The Bertz CT molecular complexity index is 1360. The Hall–Kier alpha value is -4.85. The number of anilines is 1. The standard InChI is InChI=1S/C28H24N2O6/c1-3-8-20-14-19(15-23-26(31)29-30(27(23)32)22-11-5-4-6-12-22)16-24(35-2)25(20)36-17-18-9-7-10-21(13-18)28(33)34/h3-7,9-16H,1,8,17H2,2H3,(H,29,31)(H,33,34)/b23-15-. The molecule has 1 heterocycles. The fourth-order valence-corrected chi connectivity index (χ4v) is 3.82. The Balaban J connectivity index is 1.64. The van der Waals surface area contributed by atoms with Crippen LogP contribution in [0.4, 0.5) is 5.69 Å². The Morgan fingerprint density at radius 1 is 1.08 bits per heavy atom. The van der Waals surface area contributed by atoms with Gasteiger partial charge in [0.25, 0.3) is 11.8 Å². The molecule has 1 aliphatic rings. The molecule has 1 fully saturated rings. The largest absolute Gasteiger partial charge is 0.493 e. The number of para-hydroxylation sites is 1. The van der Waals surface area contributed by atoms with Crippen molar-refractivity contribution in [3.05, 3.63) is 107 Å². The average Bonchev–Trinajstić information content (AvgIpc) is 3.17. The van der Waals surface area contributed by atoms with E-state index in [9.17, 15) is 19.5 Å². The number of nitrogens with zero attached hydrogens (tertiary/aromatic N) is 1. The topological polar surface area (TPSA) is 105 Å². The van der Waals surface area contributed by atoms with Crippen molar-refractivity contribution in [2.45, 2.75) is 13.0 Å². The maximum atomic E-state index is 12.9. The van der Waals surface area contributed by atoms with Gasteiger partial charge in [0, 0.05) is 5.56 Å². The van der Waals surface area contributed by atoms with Gasteiger partial charge in [-0.3, -0.25) is 15.0 Å².